The van der Waals surface area contributed by atoms with E-state index in [2.05, 4.69) is 5.32 Å². The topological polar surface area (TPSA) is 46.2 Å². The Morgan fingerprint density at radius 2 is 1.91 bits per heavy atom. The molecule has 0 aliphatic rings. The van der Waals surface area contributed by atoms with E-state index >= 15 is 0 Å². The third-order valence-electron chi connectivity index (χ3n) is 3.21. The summed E-state index contributed by atoms with van der Waals surface area (Å²) in [5, 5.41) is 2.76. The second-order valence-corrected chi connectivity index (χ2v) is 5.57. The van der Waals surface area contributed by atoms with Gasteiger partial charge in [0.15, 0.2) is 0 Å². The lowest BCUT2D eigenvalue weighted by Crippen LogP contribution is -2.30. The van der Waals surface area contributed by atoms with Crippen molar-refractivity contribution >= 4 is 12.2 Å². The Hall–Kier alpha value is -2.49. The first-order chi connectivity index (χ1) is 10.4. The molecule has 114 valence electrons. The highest BCUT2D eigenvalue weighted by Crippen LogP contribution is 2.25. The van der Waals surface area contributed by atoms with Gasteiger partial charge in [-0.3, -0.25) is 9.59 Å². The zero-order valence-electron chi connectivity index (χ0n) is 12.8. The molecule has 2 aromatic carbocycles. The van der Waals surface area contributed by atoms with Crippen LogP contribution in [0.15, 0.2) is 36.4 Å². The number of amides is 1. The quantitative estimate of drug-likeness (QED) is 0.874. The summed E-state index contributed by atoms with van der Waals surface area (Å²) in [6.07, 6.45) is 0.655. The lowest BCUT2D eigenvalue weighted by Gasteiger charge is -2.11. The zero-order valence-corrected chi connectivity index (χ0v) is 12.8. The number of carbonyl (C=O) groups is 2. The molecule has 3 nitrogen and oxygen atoms in total. The van der Waals surface area contributed by atoms with E-state index in [1.54, 1.807) is 31.2 Å². The Bertz CT molecular complexity index is 723. The van der Waals surface area contributed by atoms with Crippen LogP contribution in [-0.2, 0) is 0 Å². The molecule has 0 aromatic heterocycles. The first kappa shape index (κ1) is 15.9. The van der Waals surface area contributed by atoms with Crippen molar-refractivity contribution in [1.82, 2.24) is 5.32 Å². The highest BCUT2D eigenvalue weighted by Gasteiger charge is 2.13. The molecule has 0 spiro atoms. The second kappa shape index (κ2) is 6.52. The summed E-state index contributed by atoms with van der Waals surface area (Å²) < 4.78 is 14.1. The molecule has 2 aromatic rings. The van der Waals surface area contributed by atoms with Crippen molar-refractivity contribution < 1.29 is 14.0 Å². The summed E-state index contributed by atoms with van der Waals surface area (Å²) in [7, 11) is 0. The molecule has 0 atom stereocenters. The number of nitrogens with one attached hydrogen (secondary N) is 1. The molecule has 1 N–H and O–H groups in total. The smallest absolute Gasteiger partial charge is 0.251 e. The van der Waals surface area contributed by atoms with Gasteiger partial charge in [0.05, 0.1) is 0 Å². The van der Waals surface area contributed by atoms with Gasteiger partial charge in [0.2, 0.25) is 0 Å². The van der Waals surface area contributed by atoms with Crippen LogP contribution in [0, 0.1) is 12.7 Å². The third-order valence-corrected chi connectivity index (χ3v) is 3.21. The van der Waals surface area contributed by atoms with Crippen LogP contribution in [-0.4, -0.2) is 18.2 Å². The minimum atomic E-state index is -0.377. The maximum absolute atomic E-state index is 14.1. The van der Waals surface area contributed by atoms with Crippen molar-refractivity contribution in [2.24, 2.45) is 0 Å². The fourth-order valence-electron chi connectivity index (χ4n) is 2.21. The minimum absolute atomic E-state index is 0.0213. The van der Waals surface area contributed by atoms with Gasteiger partial charge in [0, 0.05) is 22.7 Å². The van der Waals surface area contributed by atoms with Crippen LogP contribution in [0.3, 0.4) is 0 Å². The average molecular weight is 299 g/mol. The lowest BCUT2D eigenvalue weighted by atomic mass is 9.98. The van der Waals surface area contributed by atoms with Gasteiger partial charge in [0.25, 0.3) is 5.91 Å². The molecular weight excluding hydrogens is 281 g/mol. The molecule has 22 heavy (non-hydrogen) atoms. The third kappa shape index (κ3) is 3.58. The number of aryl methyl sites for hydroxylation is 1. The number of hydrogen-bond acceptors (Lipinski definition) is 2. The van der Waals surface area contributed by atoms with Gasteiger partial charge in [-0.15, -0.1) is 0 Å². The molecule has 0 aliphatic carbocycles. The molecular formula is C18H18FNO2. The lowest BCUT2D eigenvalue weighted by molar-refractivity contribution is 0.0943. The summed E-state index contributed by atoms with van der Waals surface area (Å²) in [6.45, 7) is 5.50. The highest BCUT2D eigenvalue weighted by atomic mass is 19.1. The van der Waals surface area contributed by atoms with Crippen LogP contribution in [0.5, 0.6) is 0 Å². The SMILES string of the molecule is Cc1ccc(-c2cc(C=O)cc(C(=O)NC(C)C)c2)c(F)c1. The number of halogens is 1. The predicted octanol–water partition coefficient (Wildman–Crippen LogP) is 3.75. The van der Waals surface area contributed by atoms with E-state index in [0.717, 1.165) is 5.56 Å². The van der Waals surface area contributed by atoms with Crippen LogP contribution in [0.4, 0.5) is 4.39 Å². The Labute approximate surface area is 129 Å². The van der Waals surface area contributed by atoms with E-state index in [1.165, 1.54) is 12.1 Å². The maximum atomic E-state index is 14.1. The van der Waals surface area contributed by atoms with Gasteiger partial charge < -0.3 is 5.32 Å². The highest BCUT2D eigenvalue weighted by molar-refractivity contribution is 5.97. The van der Waals surface area contributed by atoms with Gasteiger partial charge in [0.1, 0.15) is 12.1 Å². The number of hydrogen-bond donors (Lipinski definition) is 1. The van der Waals surface area contributed by atoms with Gasteiger partial charge in [-0.1, -0.05) is 12.1 Å². The molecule has 0 aliphatic heterocycles. The van der Waals surface area contributed by atoms with Gasteiger partial charge >= 0.3 is 0 Å². The molecule has 0 saturated carbocycles. The van der Waals surface area contributed by atoms with E-state index in [4.69, 9.17) is 0 Å². The summed E-state index contributed by atoms with van der Waals surface area (Å²) in [5.41, 5.74) is 2.37. The average Bonchev–Trinajstić information content (AvgIpc) is 2.46. The summed E-state index contributed by atoms with van der Waals surface area (Å²) in [4.78, 5) is 23.2. The fourth-order valence-corrected chi connectivity index (χ4v) is 2.21. The van der Waals surface area contributed by atoms with Crippen molar-refractivity contribution in [3.05, 3.63) is 58.9 Å². The summed E-state index contributed by atoms with van der Waals surface area (Å²) in [6, 6.07) is 9.52. The van der Waals surface area contributed by atoms with Crippen LogP contribution in [0.2, 0.25) is 0 Å². The Balaban J connectivity index is 2.52. The molecule has 0 heterocycles. The van der Waals surface area contributed by atoms with E-state index < -0.39 is 0 Å². The first-order valence-corrected chi connectivity index (χ1v) is 7.08. The number of aldehydes is 1. The van der Waals surface area contributed by atoms with Gasteiger partial charge in [-0.2, -0.15) is 0 Å². The van der Waals surface area contributed by atoms with Crippen LogP contribution in [0.25, 0.3) is 11.1 Å². The number of carbonyl (C=O) groups excluding carboxylic acids is 2. The molecule has 0 saturated heterocycles. The predicted molar refractivity (Wildman–Crippen MR) is 84.6 cm³/mol. The zero-order chi connectivity index (χ0) is 16.3. The van der Waals surface area contributed by atoms with Crippen molar-refractivity contribution in [2.75, 3.05) is 0 Å². The van der Waals surface area contributed by atoms with E-state index in [1.807, 2.05) is 13.8 Å². The molecule has 0 unspecified atom stereocenters. The van der Waals surface area contributed by atoms with E-state index in [-0.39, 0.29) is 17.8 Å². The van der Waals surface area contributed by atoms with E-state index in [0.29, 0.717) is 28.5 Å². The molecule has 0 radical (unpaired) electrons. The van der Waals surface area contributed by atoms with Gasteiger partial charge in [-0.25, -0.2) is 4.39 Å². The number of benzene rings is 2. The van der Waals surface area contributed by atoms with Crippen molar-refractivity contribution in [3.8, 4) is 11.1 Å². The standard InChI is InChI=1S/C18H18FNO2/c1-11(2)20-18(22)15-8-13(10-21)7-14(9-15)16-5-4-12(3)6-17(16)19/h4-11H,1-3H3,(H,20,22). The van der Waals surface area contributed by atoms with Crippen molar-refractivity contribution in [1.29, 1.82) is 0 Å². The normalized spacial score (nSPS) is 10.6. The maximum Gasteiger partial charge on any atom is 0.251 e. The van der Waals surface area contributed by atoms with Gasteiger partial charge in [-0.05, 0) is 56.2 Å². The molecule has 2 rings (SSSR count). The Morgan fingerprint density at radius 1 is 1.18 bits per heavy atom. The summed E-state index contributed by atoms with van der Waals surface area (Å²) >= 11 is 0. The summed E-state index contributed by atoms with van der Waals surface area (Å²) in [5.74, 6) is -0.661. The molecule has 0 bridgehead atoms. The van der Waals surface area contributed by atoms with Crippen LogP contribution >= 0.6 is 0 Å². The fraction of sp³-hybridized carbons (Fsp3) is 0.222. The van der Waals surface area contributed by atoms with Crippen LogP contribution in [0.1, 0.15) is 40.1 Å². The largest absolute Gasteiger partial charge is 0.350 e. The first-order valence-electron chi connectivity index (χ1n) is 7.08. The monoisotopic (exact) mass is 299 g/mol. The van der Waals surface area contributed by atoms with E-state index in [9.17, 15) is 14.0 Å². The molecule has 1 amide bonds. The van der Waals surface area contributed by atoms with Crippen molar-refractivity contribution in [3.63, 3.8) is 0 Å². The van der Waals surface area contributed by atoms with Crippen molar-refractivity contribution in [2.45, 2.75) is 26.8 Å². The Morgan fingerprint density at radius 3 is 2.50 bits per heavy atom. The minimum Gasteiger partial charge on any atom is -0.350 e. The second-order valence-electron chi connectivity index (χ2n) is 5.57. The molecule has 0 fully saturated rings. The Kier molecular flexibility index (Phi) is 4.71. The number of rotatable bonds is 4. The van der Waals surface area contributed by atoms with Crippen LogP contribution < -0.4 is 5.32 Å². The molecule has 4 heteroatoms.